The third-order valence-electron chi connectivity index (χ3n) is 7.59. The molecule has 0 spiro atoms. The van der Waals surface area contributed by atoms with Gasteiger partial charge in [-0.2, -0.15) is 0 Å². The van der Waals surface area contributed by atoms with Crippen molar-refractivity contribution < 1.29 is 0 Å². The average molecular weight is 288 g/mol. The van der Waals surface area contributed by atoms with Crippen molar-refractivity contribution >= 4 is 7.85 Å². The molecule has 120 valence electrons. The van der Waals surface area contributed by atoms with E-state index in [4.69, 9.17) is 0 Å². The summed E-state index contributed by atoms with van der Waals surface area (Å²) in [5, 5.41) is 0.674. The Labute approximate surface area is 134 Å². The minimum absolute atomic E-state index is 0.674. The van der Waals surface area contributed by atoms with Gasteiger partial charge >= 0.3 is 0 Å². The maximum Gasteiger partial charge on any atom is 0.109 e. The molecule has 0 aromatic carbocycles. The second kappa shape index (κ2) is 7.09. The highest BCUT2D eigenvalue weighted by atomic mass is 14.5. The molecule has 3 saturated carbocycles. The van der Waals surface area contributed by atoms with Gasteiger partial charge in [0.15, 0.2) is 0 Å². The molecule has 4 unspecified atom stereocenters. The minimum Gasteiger partial charge on any atom is -0.0622 e. The van der Waals surface area contributed by atoms with Crippen molar-refractivity contribution in [1.29, 1.82) is 0 Å². The second-order valence-electron chi connectivity index (χ2n) is 9.06. The average Bonchev–Trinajstić information content (AvgIpc) is 2.68. The molecule has 21 heavy (non-hydrogen) atoms. The van der Waals surface area contributed by atoms with Gasteiger partial charge < -0.3 is 0 Å². The molecule has 3 aliphatic carbocycles. The summed E-state index contributed by atoms with van der Waals surface area (Å²) in [6.45, 7) is 2.61. The number of fused-ring (bicyclic) bond motifs is 1. The molecule has 0 saturated heterocycles. The van der Waals surface area contributed by atoms with Crippen LogP contribution in [-0.4, -0.2) is 7.85 Å². The zero-order valence-corrected chi connectivity index (χ0v) is 14.7. The van der Waals surface area contributed by atoms with Crippen LogP contribution in [0.5, 0.6) is 0 Å². The van der Waals surface area contributed by atoms with Crippen LogP contribution in [0.2, 0.25) is 5.31 Å². The molecule has 0 aromatic heterocycles. The molecule has 0 bridgehead atoms. The third-order valence-corrected chi connectivity index (χ3v) is 7.59. The molecule has 3 rings (SSSR count). The molecular formula is C20H37B. The van der Waals surface area contributed by atoms with E-state index in [0.717, 1.165) is 23.7 Å². The fourth-order valence-corrected chi connectivity index (χ4v) is 6.57. The van der Waals surface area contributed by atoms with Gasteiger partial charge in [0.25, 0.3) is 0 Å². The van der Waals surface area contributed by atoms with E-state index in [2.05, 4.69) is 14.8 Å². The summed E-state index contributed by atoms with van der Waals surface area (Å²) < 4.78 is 0. The highest BCUT2D eigenvalue weighted by molar-refractivity contribution is 6.15. The summed E-state index contributed by atoms with van der Waals surface area (Å²) in [4.78, 5) is 0. The summed E-state index contributed by atoms with van der Waals surface area (Å²) >= 11 is 0. The molecule has 3 fully saturated rings. The quantitative estimate of drug-likeness (QED) is 0.538. The fraction of sp³-hybridized carbons (Fsp3) is 1.00. The Morgan fingerprint density at radius 2 is 1.33 bits per heavy atom. The molecular weight excluding hydrogens is 251 g/mol. The van der Waals surface area contributed by atoms with Gasteiger partial charge in [-0.15, -0.1) is 0 Å². The van der Waals surface area contributed by atoms with Gasteiger partial charge in [0.2, 0.25) is 0 Å². The summed E-state index contributed by atoms with van der Waals surface area (Å²) in [7, 11) is 2.70. The zero-order valence-electron chi connectivity index (χ0n) is 14.7. The van der Waals surface area contributed by atoms with Crippen molar-refractivity contribution in [3.05, 3.63) is 0 Å². The Morgan fingerprint density at radius 1 is 0.714 bits per heavy atom. The van der Waals surface area contributed by atoms with E-state index in [1.807, 2.05) is 0 Å². The molecule has 4 atom stereocenters. The third kappa shape index (κ3) is 3.53. The Hall–Kier alpha value is 0.0649. The Kier molecular flexibility index (Phi) is 5.38. The Bertz CT molecular complexity index is 316. The molecule has 0 aromatic rings. The second-order valence-corrected chi connectivity index (χ2v) is 9.06. The molecule has 0 N–H and O–H groups in total. The van der Waals surface area contributed by atoms with Gasteiger partial charge in [-0.05, 0) is 36.5 Å². The molecule has 1 heteroatoms. The summed E-state index contributed by atoms with van der Waals surface area (Å²) in [6.07, 6.45) is 21.4. The summed E-state index contributed by atoms with van der Waals surface area (Å²) in [5.74, 6) is 4.22. The van der Waals surface area contributed by atoms with E-state index in [1.54, 1.807) is 19.3 Å². The molecule has 0 aliphatic heterocycles. The molecule has 3 aliphatic rings. The summed E-state index contributed by atoms with van der Waals surface area (Å²) in [5.41, 5.74) is 0. The molecule has 0 heterocycles. The van der Waals surface area contributed by atoms with Crippen molar-refractivity contribution in [2.24, 2.45) is 23.7 Å². The Morgan fingerprint density at radius 3 is 2.10 bits per heavy atom. The predicted octanol–water partition coefficient (Wildman–Crippen LogP) is 5.77. The van der Waals surface area contributed by atoms with Crippen LogP contribution in [0.4, 0.5) is 0 Å². The van der Waals surface area contributed by atoms with Gasteiger partial charge in [-0.25, -0.2) is 0 Å². The highest BCUT2D eigenvalue weighted by Gasteiger charge is 2.46. The van der Waals surface area contributed by atoms with Crippen LogP contribution in [0.1, 0.15) is 96.8 Å². The maximum atomic E-state index is 2.70. The van der Waals surface area contributed by atoms with Crippen LogP contribution in [-0.2, 0) is 0 Å². The first-order valence-electron chi connectivity index (χ1n) is 10.2. The first-order valence-corrected chi connectivity index (χ1v) is 10.2. The number of hydrogen-bond donors (Lipinski definition) is 0. The first kappa shape index (κ1) is 15.9. The van der Waals surface area contributed by atoms with Crippen molar-refractivity contribution in [2.45, 2.75) is 102 Å². The summed E-state index contributed by atoms with van der Waals surface area (Å²) in [6, 6.07) is 0. The molecule has 0 nitrogen and oxygen atoms in total. The minimum atomic E-state index is 0.674. The Balaban J connectivity index is 1.80. The monoisotopic (exact) mass is 288 g/mol. The van der Waals surface area contributed by atoms with Crippen molar-refractivity contribution in [3.63, 3.8) is 0 Å². The van der Waals surface area contributed by atoms with Gasteiger partial charge in [0.05, 0.1) is 0 Å². The van der Waals surface area contributed by atoms with E-state index in [1.165, 1.54) is 70.6 Å². The van der Waals surface area contributed by atoms with Crippen LogP contribution in [0.3, 0.4) is 0 Å². The van der Waals surface area contributed by atoms with E-state index >= 15 is 0 Å². The van der Waals surface area contributed by atoms with E-state index in [9.17, 15) is 0 Å². The van der Waals surface area contributed by atoms with Gasteiger partial charge in [0.1, 0.15) is 7.85 Å². The first-order chi connectivity index (χ1) is 10.2. The smallest absolute Gasteiger partial charge is 0.0622 e. The van der Waals surface area contributed by atoms with Crippen LogP contribution < -0.4 is 0 Å². The lowest BCUT2D eigenvalue weighted by Crippen LogP contribution is -2.41. The fourth-order valence-electron chi connectivity index (χ4n) is 6.57. The van der Waals surface area contributed by atoms with Crippen LogP contribution in [0.25, 0.3) is 0 Å². The number of rotatable bonds is 1. The van der Waals surface area contributed by atoms with Crippen LogP contribution >= 0.6 is 0 Å². The molecule has 0 amide bonds. The predicted molar refractivity (Wildman–Crippen MR) is 95.5 cm³/mol. The maximum absolute atomic E-state index is 2.70. The van der Waals surface area contributed by atoms with Crippen molar-refractivity contribution in [1.82, 2.24) is 0 Å². The van der Waals surface area contributed by atoms with Crippen LogP contribution in [0.15, 0.2) is 0 Å². The highest BCUT2D eigenvalue weighted by Crippen LogP contribution is 2.58. The van der Waals surface area contributed by atoms with Gasteiger partial charge in [-0.1, -0.05) is 89.3 Å². The zero-order chi connectivity index (χ0) is 14.7. The largest absolute Gasteiger partial charge is 0.109 e. The molecule has 0 radical (unpaired) electrons. The lowest BCUT2D eigenvalue weighted by Gasteiger charge is -2.52. The van der Waals surface area contributed by atoms with E-state index in [0.29, 0.717) is 5.31 Å². The SMILES string of the molecule is BC1(C2C(C)CCC3CCCCCC32)CCCCCCC1. The number of hydrogen-bond acceptors (Lipinski definition) is 0. The topological polar surface area (TPSA) is 0 Å². The van der Waals surface area contributed by atoms with Gasteiger partial charge in [-0.3, -0.25) is 0 Å². The lowest BCUT2D eigenvalue weighted by molar-refractivity contribution is 0.0439. The lowest BCUT2D eigenvalue weighted by atomic mass is 9.46. The van der Waals surface area contributed by atoms with Crippen LogP contribution in [0, 0.1) is 23.7 Å². The van der Waals surface area contributed by atoms with Crippen molar-refractivity contribution in [2.75, 3.05) is 0 Å². The normalized spacial score (nSPS) is 41.4. The standard InChI is InChI=1S/C20H37B/c1-16-12-13-17-10-6-5-7-11-18(17)19(16)20(21)14-8-3-2-4-9-15-20/h16-19H,2-15,21H2,1H3. The van der Waals surface area contributed by atoms with E-state index in [-0.39, 0.29) is 0 Å². The van der Waals surface area contributed by atoms with Gasteiger partial charge in [0, 0.05) is 0 Å². The van der Waals surface area contributed by atoms with Crippen molar-refractivity contribution in [3.8, 4) is 0 Å². The van der Waals surface area contributed by atoms with E-state index < -0.39 is 0 Å².